The number of methoxy groups -OCH3 is 1. The Morgan fingerprint density at radius 1 is 1.38 bits per heavy atom. The number of nitro benzene ring substituents is 1. The molecule has 7 heteroatoms. The minimum atomic E-state index is -0.754. The molecule has 0 spiro atoms. The molecule has 1 aromatic carbocycles. The Hall–Kier alpha value is -2.31. The number of ether oxygens (including phenoxy) is 2. The van der Waals surface area contributed by atoms with E-state index in [1.54, 1.807) is 17.9 Å². The van der Waals surface area contributed by atoms with Crippen molar-refractivity contribution in [3.8, 4) is 11.5 Å². The Morgan fingerprint density at radius 2 is 2.05 bits per heavy atom. The summed E-state index contributed by atoms with van der Waals surface area (Å²) in [5.74, 6) is 0.297. The molecule has 0 saturated carbocycles. The molecule has 7 nitrogen and oxygen atoms in total. The van der Waals surface area contributed by atoms with Gasteiger partial charge in [-0.3, -0.25) is 14.9 Å². The van der Waals surface area contributed by atoms with Gasteiger partial charge in [-0.1, -0.05) is 0 Å². The second kappa shape index (κ2) is 6.43. The van der Waals surface area contributed by atoms with E-state index in [-0.39, 0.29) is 17.3 Å². The molecule has 1 heterocycles. The largest absolute Gasteiger partial charge is 0.496 e. The van der Waals surface area contributed by atoms with Crippen LogP contribution < -0.4 is 9.47 Å². The van der Waals surface area contributed by atoms with E-state index in [0.717, 1.165) is 25.9 Å². The summed E-state index contributed by atoms with van der Waals surface area (Å²) >= 11 is 0. The monoisotopic (exact) mass is 294 g/mol. The van der Waals surface area contributed by atoms with Gasteiger partial charge in [-0.15, -0.1) is 0 Å². The Balaban J connectivity index is 2.14. The summed E-state index contributed by atoms with van der Waals surface area (Å²) in [6.45, 7) is 3.04. The highest BCUT2D eigenvalue weighted by molar-refractivity contribution is 5.81. The number of hydrogen-bond acceptors (Lipinski definition) is 5. The lowest BCUT2D eigenvalue weighted by atomic mass is 10.2. The molecule has 1 aromatic rings. The molecule has 0 aromatic heterocycles. The smallest absolute Gasteiger partial charge is 0.314 e. The molecule has 114 valence electrons. The van der Waals surface area contributed by atoms with Crippen LogP contribution in [0.1, 0.15) is 19.8 Å². The number of nitro groups is 1. The van der Waals surface area contributed by atoms with E-state index < -0.39 is 11.0 Å². The second-order valence-corrected chi connectivity index (χ2v) is 4.88. The van der Waals surface area contributed by atoms with Gasteiger partial charge >= 0.3 is 5.69 Å². The highest BCUT2D eigenvalue weighted by Gasteiger charge is 2.27. The maximum absolute atomic E-state index is 12.2. The molecule has 0 aliphatic carbocycles. The molecular weight excluding hydrogens is 276 g/mol. The molecule has 1 aliphatic rings. The lowest BCUT2D eigenvalue weighted by molar-refractivity contribution is -0.386. The van der Waals surface area contributed by atoms with Gasteiger partial charge in [0, 0.05) is 13.1 Å². The van der Waals surface area contributed by atoms with Crippen molar-refractivity contribution in [2.45, 2.75) is 25.9 Å². The molecule has 1 amide bonds. The summed E-state index contributed by atoms with van der Waals surface area (Å²) in [4.78, 5) is 24.4. The quantitative estimate of drug-likeness (QED) is 0.612. The van der Waals surface area contributed by atoms with Gasteiger partial charge in [0.15, 0.2) is 11.9 Å². The number of likely N-dealkylation sites (tertiary alicyclic amines) is 1. The van der Waals surface area contributed by atoms with Crippen molar-refractivity contribution in [1.82, 2.24) is 4.90 Å². The molecule has 0 bridgehead atoms. The lowest BCUT2D eigenvalue weighted by Gasteiger charge is -2.21. The summed E-state index contributed by atoms with van der Waals surface area (Å²) in [6.07, 6.45) is 1.22. The van der Waals surface area contributed by atoms with Gasteiger partial charge < -0.3 is 14.4 Å². The van der Waals surface area contributed by atoms with E-state index in [1.807, 2.05) is 0 Å². The van der Waals surface area contributed by atoms with E-state index >= 15 is 0 Å². The van der Waals surface area contributed by atoms with Crippen LogP contribution >= 0.6 is 0 Å². The Labute approximate surface area is 122 Å². The van der Waals surface area contributed by atoms with Gasteiger partial charge in [0.25, 0.3) is 5.91 Å². The highest BCUT2D eigenvalue weighted by Crippen LogP contribution is 2.32. The molecule has 1 aliphatic heterocycles. The Morgan fingerprint density at radius 3 is 2.62 bits per heavy atom. The standard InChI is InChI=1S/C14H18N2O5/c1-10(14(17)15-7-3-4-8-15)21-13-6-5-11(20-2)9-12(13)16(18)19/h5-6,9-10H,3-4,7-8H2,1-2H3/t10-/m1/s1. The van der Waals surface area contributed by atoms with E-state index in [0.29, 0.717) is 5.75 Å². The van der Waals surface area contributed by atoms with Crippen molar-refractivity contribution < 1.29 is 19.2 Å². The zero-order valence-electron chi connectivity index (χ0n) is 12.1. The number of amides is 1. The van der Waals surface area contributed by atoms with Crippen LogP contribution in [-0.2, 0) is 4.79 Å². The van der Waals surface area contributed by atoms with Crippen LogP contribution in [0.4, 0.5) is 5.69 Å². The van der Waals surface area contributed by atoms with Crippen LogP contribution in [0.2, 0.25) is 0 Å². The number of nitrogens with zero attached hydrogens (tertiary/aromatic N) is 2. The zero-order chi connectivity index (χ0) is 15.4. The molecule has 1 fully saturated rings. The van der Waals surface area contributed by atoms with Gasteiger partial charge in [-0.25, -0.2) is 0 Å². The van der Waals surface area contributed by atoms with Crippen molar-refractivity contribution in [3.63, 3.8) is 0 Å². The SMILES string of the molecule is COc1ccc(O[C@H](C)C(=O)N2CCCC2)c([N+](=O)[O-])c1. The van der Waals surface area contributed by atoms with Crippen LogP contribution in [0.15, 0.2) is 18.2 Å². The minimum absolute atomic E-state index is 0.0702. The van der Waals surface area contributed by atoms with Gasteiger partial charge in [-0.2, -0.15) is 0 Å². The van der Waals surface area contributed by atoms with Crippen LogP contribution in [-0.4, -0.2) is 42.0 Å². The predicted molar refractivity (Wildman–Crippen MR) is 75.6 cm³/mol. The number of rotatable bonds is 5. The molecule has 21 heavy (non-hydrogen) atoms. The van der Waals surface area contributed by atoms with Crippen LogP contribution in [0.5, 0.6) is 11.5 Å². The normalized spacial score (nSPS) is 15.6. The van der Waals surface area contributed by atoms with Gasteiger partial charge in [-0.05, 0) is 31.9 Å². The van der Waals surface area contributed by atoms with Crippen LogP contribution in [0.3, 0.4) is 0 Å². The van der Waals surface area contributed by atoms with Crippen molar-refractivity contribution in [3.05, 3.63) is 28.3 Å². The third-order valence-electron chi connectivity index (χ3n) is 3.43. The van der Waals surface area contributed by atoms with Crippen molar-refractivity contribution in [1.29, 1.82) is 0 Å². The first-order valence-corrected chi connectivity index (χ1v) is 6.81. The fraction of sp³-hybridized carbons (Fsp3) is 0.500. The van der Waals surface area contributed by atoms with Crippen LogP contribution in [0.25, 0.3) is 0 Å². The molecule has 0 radical (unpaired) electrons. The summed E-state index contributed by atoms with van der Waals surface area (Å²) in [5.41, 5.74) is -0.213. The first-order valence-electron chi connectivity index (χ1n) is 6.81. The number of carbonyl (C=O) groups is 1. The van der Waals surface area contributed by atoms with Crippen molar-refractivity contribution in [2.24, 2.45) is 0 Å². The highest BCUT2D eigenvalue weighted by atomic mass is 16.6. The van der Waals surface area contributed by atoms with Crippen molar-refractivity contribution >= 4 is 11.6 Å². The summed E-state index contributed by atoms with van der Waals surface area (Å²) < 4.78 is 10.5. The summed E-state index contributed by atoms with van der Waals surface area (Å²) in [7, 11) is 1.43. The lowest BCUT2D eigenvalue weighted by Crippen LogP contribution is -2.38. The van der Waals surface area contributed by atoms with Gasteiger partial charge in [0.1, 0.15) is 5.75 Å². The maximum atomic E-state index is 12.2. The number of carbonyl (C=O) groups excluding carboxylic acids is 1. The molecule has 1 atom stereocenters. The molecular formula is C14H18N2O5. The predicted octanol–water partition coefficient (Wildman–Crippen LogP) is 1.99. The van der Waals surface area contributed by atoms with E-state index in [1.165, 1.54) is 19.2 Å². The van der Waals surface area contributed by atoms with E-state index in [4.69, 9.17) is 9.47 Å². The second-order valence-electron chi connectivity index (χ2n) is 4.88. The Kier molecular flexibility index (Phi) is 4.62. The Bertz CT molecular complexity index is 540. The molecule has 2 rings (SSSR count). The maximum Gasteiger partial charge on any atom is 0.314 e. The molecule has 0 N–H and O–H groups in total. The molecule has 1 saturated heterocycles. The van der Waals surface area contributed by atoms with Gasteiger partial charge in [0.05, 0.1) is 18.1 Å². The van der Waals surface area contributed by atoms with Crippen molar-refractivity contribution in [2.75, 3.05) is 20.2 Å². The third-order valence-corrected chi connectivity index (χ3v) is 3.43. The number of hydrogen-bond donors (Lipinski definition) is 0. The molecule has 0 unspecified atom stereocenters. The number of benzene rings is 1. The van der Waals surface area contributed by atoms with Gasteiger partial charge in [0.2, 0.25) is 0 Å². The topological polar surface area (TPSA) is 81.9 Å². The first kappa shape index (κ1) is 15.1. The third kappa shape index (κ3) is 3.42. The zero-order valence-corrected chi connectivity index (χ0v) is 12.1. The average Bonchev–Trinajstić information content (AvgIpc) is 3.00. The van der Waals surface area contributed by atoms with E-state index in [2.05, 4.69) is 0 Å². The summed E-state index contributed by atoms with van der Waals surface area (Å²) in [5, 5.41) is 11.1. The fourth-order valence-electron chi connectivity index (χ4n) is 2.30. The van der Waals surface area contributed by atoms with Crippen LogP contribution in [0, 0.1) is 10.1 Å². The average molecular weight is 294 g/mol. The fourth-order valence-corrected chi connectivity index (χ4v) is 2.30. The summed E-state index contributed by atoms with van der Waals surface area (Å²) in [6, 6.07) is 4.29. The minimum Gasteiger partial charge on any atom is -0.496 e. The van der Waals surface area contributed by atoms with E-state index in [9.17, 15) is 14.9 Å². The first-order chi connectivity index (χ1) is 10.0.